The molecule has 0 amide bonds. The molecule has 3 N–H and O–H groups in total. The Morgan fingerprint density at radius 3 is 2.41 bits per heavy atom. The highest BCUT2D eigenvalue weighted by atomic mass is 32.2. The van der Waals surface area contributed by atoms with Gasteiger partial charge in [-0.15, -0.1) is 0 Å². The molecular formula is C15H34N4O2S. The van der Waals surface area contributed by atoms with Gasteiger partial charge in [-0.1, -0.05) is 32.6 Å². The molecule has 22 heavy (non-hydrogen) atoms. The first-order valence-corrected chi connectivity index (χ1v) is 10.0. The maximum atomic E-state index is 11.3. The highest BCUT2D eigenvalue weighted by Gasteiger charge is 2.06. The Morgan fingerprint density at radius 1 is 1.09 bits per heavy atom. The first-order valence-electron chi connectivity index (χ1n) is 8.39. The summed E-state index contributed by atoms with van der Waals surface area (Å²) in [6.07, 6.45) is 6.94. The zero-order valence-electron chi connectivity index (χ0n) is 14.6. The fourth-order valence-electron chi connectivity index (χ4n) is 2.00. The van der Waals surface area contributed by atoms with Crippen LogP contribution < -0.4 is 15.4 Å². The monoisotopic (exact) mass is 334 g/mol. The van der Waals surface area contributed by atoms with Crippen LogP contribution >= 0.6 is 0 Å². The minimum Gasteiger partial charge on any atom is -0.356 e. The average molecular weight is 335 g/mol. The molecule has 1 unspecified atom stereocenters. The van der Waals surface area contributed by atoms with Gasteiger partial charge in [-0.25, -0.2) is 13.1 Å². The predicted octanol–water partition coefficient (Wildman–Crippen LogP) is 1.84. The van der Waals surface area contributed by atoms with Gasteiger partial charge >= 0.3 is 0 Å². The van der Waals surface area contributed by atoms with E-state index < -0.39 is 10.0 Å². The number of hydrogen-bond acceptors (Lipinski definition) is 3. The van der Waals surface area contributed by atoms with Crippen LogP contribution in [0.5, 0.6) is 0 Å². The van der Waals surface area contributed by atoms with E-state index in [-0.39, 0.29) is 5.75 Å². The Kier molecular flexibility index (Phi) is 12.2. The molecule has 0 rings (SSSR count). The molecule has 6 nitrogen and oxygen atoms in total. The molecule has 0 saturated carbocycles. The Bertz CT molecular complexity index is 396. The van der Waals surface area contributed by atoms with E-state index in [1.165, 1.54) is 25.7 Å². The molecule has 0 spiro atoms. The van der Waals surface area contributed by atoms with Crippen molar-refractivity contribution in [2.45, 2.75) is 65.3 Å². The van der Waals surface area contributed by atoms with Gasteiger partial charge in [0.15, 0.2) is 5.96 Å². The zero-order valence-corrected chi connectivity index (χ0v) is 15.4. The normalized spacial score (nSPS) is 13.9. The number of nitrogens with zero attached hydrogens (tertiary/aromatic N) is 1. The van der Waals surface area contributed by atoms with Crippen molar-refractivity contribution >= 4 is 16.0 Å². The summed E-state index contributed by atoms with van der Waals surface area (Å²) in [5, 5.41) is 6.57. The molecule has 0 saturated heterocycles. The Balaban J connectivity index is 3.79. The maximum absolute atomic E-state index is 11.3. The van der Waals surface area contributed by atoms with Crippen molar-refractivity contribution in [2.24, 2.45) is 4.99 Å². The van der Waals surface area contributed by atoms with E-state index >= 15 is 0 Å². The smallest absolute Gasteiger partial charge is 0.211 e. The highest BCUT2D eigenvalue weighted by molar-refractivity contribution is 7.89. The minimum absolute atomic E-state index is 0.124. The van der Waals surface area contributed by atoms with Gasteiger partial charge in [0.1, 0.15) is 0 Å². The van der Waals surface area contributed by atoms with Crippen LogP contribution in [-0.2, 0) is 10.0 Å². The van der Waals surface area contributed by atoms with E-state index in [0.29, 0.717) is 19.1 Å². The van der Waals surface area contributed by atoms with E-state index in [1.807, 2.05) is 0 Å². The van der Waals surface area contributed by atoms with Crippen molar-refractivity contribution in [3.63, 3.8) is 0 Å². The van der Waals surface area contributed by atoms with Gasteiger partial charge in [0.25, 0.3) is 0 Å². The van der Waals surface area contributed by atoms with Crippen LogP contribution in [0.1, 0.15) is 59.3 Å². The first-order chi connectivity index (χ1) is 10.4. The maximum Gasteiger partial charge on any atom is 0.211 e. The van der Waals surface area contributed by atoms with Gasteiger partial charge in [0, 0.05) is 26.2 Å². The molecule has 0 radical (unpaired) electrons. The number of guanidine groups is 1. The molecule has 0 aromatic rings. The lowest BCUT2D eigenvalue weighted by molar-refractivity contribution is 0.536. The number of rotatable bonds is 12. The predicted molar refractivity (Wildman–Crippen MR) is 94.8 cm³/mol. The van der Waals surface area contributed by atoms with Gasteiger partial charge in [-0.3, -0.25) is 4.99 Å². The van der Waals surface area contributed by atoms with Gasteiger partial charge in [-0.2, -0.15) is 0 Å². The van der Waals surface area contributed by atoms with E-state index in [4.69, 9.17) is 0 Å². The molecule has 132 valence electrons. The summed E-state index contributed by atoms with van der Waals surface area (Å²) in [7, 11) is -1.33. The second kappa shape index (κ2) is 12.7. The SMILES string of the molecule is CCCCCCC(C)NC(=NC)NCCCNS(=O)(=O)CC. The van der Waals surface area contributed by atoms with Crippen molar-refractivity contribution in [3.05, 3.63) is 0 Å². The van der Waals surface area contributed by atoms with Gasteiger partial charge in [-0.05, 0) is 26.7 Å². The Morgan fingerprint density at radius 2 is 1.82 bits per heavy atom. The average Bonchev–Trinajstić information content (AvgIpc) is 2.50. The number of unbranched alkanes of at least 4 members (excludes halogenated alkanes) is 3. The van der Waals surface area contributed by atoms with Crippen molar-refractivity contribution in [1.82, 2.24) is 15.4 Å². The van der Waals surface area contributed by atoms with E-state index in [1.54, 1.807) is 14.0 Å². The minimum atomic E-state index is -3.08. The van der Waals surface area contributed by atoms with Crippen LogP contribution in [0.3, 0.4) is 0 Å². The third kappa shape index (κ3) is 11.8. The highest BCUT2D eigenvalue weighted by Crippen LogP contribution is 2.04. The van der Waals surface area contributed by atoms with Gasteiger partial charge in [0.05, 0.1) is 5.75 Å². The van der Waals surface area contributed by atoms with Crippen LogP contribution in [-0.4, -0.2) is 46.3 Å². The lowest BCUT2D eigenvalue weighted by Crippen LogP contribution is -2.43. The summed E-state index contributed by atoms with van der Waals surface area (Å²) < 4.78 is 25.1. The van der Waals surface area contributed by atoms with E-state index in [2.05, 4.69) is 34.2 Å². The van der Waals surface area contributed by atoms with Crippen LogP contribution in [0.2, 0.25) is 0 Å². The second-order valence-corrected chi connectivity index (χ2v) is 7.64. The fraction of sp³-hybridized carbons (Fsp3) is 0.933. The number of aliphatic imine (C=N–C) groups is 1. The number of sulfonamides is 1. The van der Waals surface area contributed by atoms with Crippen molar-refractivity contribution in [3.8, 4) is 0 Å². The first kappa shape index (κ1) is 21.2. The number of nitrogens with one attached hydrogen (secondary N) is 3. The zero-order chi connectivity index (χ0) is 16.8. The van der Waals surface area contributed by atoms with E-state index in [0.717, 1.165) is 18.8 Å². The quantitative estimate of drug-likeness (QED) is 0.289. The summed E-state index contributed by atoms with van der Waals surface area (Å²) in [6.45, 7) is 7.15. The lowest BCUT2D eigenvalue weighted by Gasteiger charge is -2.18. The second-order valence-electron chi connectivity index (χ2n) is 5.55. The molecule has 0 heterocycles. The summed E-state index contributed by atoms with van der Waals surface area (Å²) in [5.41, 5.74) is 0. The van der Waals surface area contributed by atoms with Crippen LogP contribution in [0, 0.1) is 0 Å². The summed E-state index contributed by atoms with van der Waals surface area (Å²) in [5.74, 6) is 0.903. The van der Waals surface area contributed by atoms with Gasteiger partial charge < -0.3 is 10.6 Å². The molecule has 1 atom stereocenters. The van der Waals surface area contributed by atoms with E-state index in [9.17, 15) is 8.42 Å². The van der Waals surface area contributed by atoms with Crippen molar-refractivity contribution in [2.75, 3.05) is 25.9 Å². The topological polar surface area (TPSA) is 82.6 Å². The summed E-state index contributed by atoms with van der Waals surface area (Å²) in [4.78, 5) is 4.19. The third-order valence-electron chi connectivity index (χ3n) is 3.45. The molecule has 7 heteroatoms. The van der Waals surface area contributed by atoms with Crippen LogP contribution in [0.15, 0.2) is 4.99 Å². The summed E-state index contributed by atoms with van der Waals surface area (Å²) >= 11 is 0. The molecule has 0 aliphatic rings. The van der Waals surface area contributed by atoms with Crippen molar-refractivity contribution < 1.29 is 8.42 Å². The van der Waals surface area contributed by atoms with Crippen LogP contribution in [0.4, 0.5) is 0 Å². The molecule has 0 aliphatic carbocycles. The standard InChI is InChI=1S/C15H34N4O2S/c1-5-7-8-9-11-14(3)19-15(16-4)17-12-10-13-18-22(20,21)6-2/h14,18H,5-13H2,1-4H3,(H2,16,17,19). The molecule has 0 fully saturated rings. The molecule has 0 aromatic heterocycles. The largest absolute Gasteiger partial charge is 0.356 e. The third-order valence-corrected chi connectivity index (χ3v) is 4.85. The molecule has 0 aromatic carbocycles. The van der Waals surface area contributed by atoms with Gasteiger partial charge in [0.2, 0.25) is 10.0 Å². The van der Waals surface area contributed by atoms with Crippen LogP contribution in [0.25, 0.3) is 0 Å². The fourth-order valence-corrected chi connectivity index (χ4v) is 2.66. The lowest BCUT2D eigenvalue weighted by atomic mass is 10.1. The molecule has 0 bridgehead atoms. The Labute approximate surface area is 136 Å². The summed E-state index contributed by atoms with van der Waals surface area (Å²) in [6, 6.07) is 0.390. The van der Waals surface area contributed by atoms with Crippen molar-refractivity contribution in [1.29, 1.82) is 0 Å². The molecule has 0 aliphatic heterocycles. The number of hydrogen-bond donors (Lipinski definition) is 3. The molecular weight excluding hydrogens is 300 g/mol. The Hall–Kier alpha value is -0.820.